The summed E-state index contributed by atoms with van der Waals surface area (Å²) in [4.78, 5) is 10.0. The van der Waals surface area contributed by atoms with Gasteiger partial charge in [0.1, 0.15) is 0 Å². The van der Waals surface area contributed by atoms with Crippen LogP contribution >= 0.6 is 0 Å². The number of aromatic carboxylic acids is 1. The molecule has 0 heterocycles. The molecule has 1 aromatic rings. The van der Waals surface area contributed by atoms with E-state index in [9.17, 15) is 13.2 Å². The zero-order chi connectivity index (χ0) is 10.1. The molecular weight excluding hydrogens is 235 g/mol. The average molecular weight is 242 g/mol. The van der Waals surface area contributed by atoms with Crippen LogP contribution in [0, 0.1) is 0 Å². The average Bonchev–Trinajstić information content (AvgIpc) is 2.03. The SMILES string of the molecule is O=C(O)c1ccc(S(=O)(=O)O)cc1.[KH]. The Morgan fingerprint density at radius 3 is 1.86 bits per heavy atom. The first kappa shape index (κ1) is 14.2. The van der Waals surface area contributed by atoms with Crippen molar-refractivity contribution in [2.24, 2.45) is 0 Å². The van der Waals surface area contributed by atoms with Gasteiger partial charge in [0.15, 0.2) is 0 Å². The molecule has 7 heteroatoms. The van der Waals surface area contributed by atoms with Gasteiger partial charge in [-0.15, -0.1) is 0 Å². The van der Waals surface area contributed by atoms with Gasteiger partial charge in [-0.2, -0.15) is 8.42 Å². The zero-order valence-corrected chi connectivity index (χ0v) is 7.15. The van der Waals surface area contributed by atoms with Crippen LogP contribution in [0.4, 0.5) is 0 Å². The second-order valence-electron chi connectivity index (χ2n) is 2.30. The summed E-state index contributed by atoms with van der Waals surface area (Å²) >= 11 is 0. The van der Waals surface area contributed by atoms with Crippen LogP contribution in [0.1, 0.15) is 10.4 Å². The summed E-state index contributed by atoms with van der Waals surface area (Å²) < 4.78 is 29.6. The Balaban J connectivity index is 0.00000169. The van der Waals surface area contributed by atoms with Crippen LogP contribution in [0.25, 0.3) is 0 Å². The Kier molecular flexibility index (Phi) is 5.45. The molecule has 0 unspecified atom stereocenters. The first-order chi connectivity index (χ1) is 5.91. The van der Waals surface area contributed by atoms with E-state index in [1.807, 2.05) is 0 Å². The predicted octanol–water partition coefficient (Wildman–Crippen LogP) is -0.0170. The minimum atomic E-state index is -4.24. The van der Waals surface area contributed by atoms with Crippen LogP contribution in [0.2, 0.25) is 0 Å². The minimum absolute atomic E-state index is 0. The molecule has 0 aliphatic carbocycles. The molecule has 0 aromatic heterocycles. The van der Waals surface area contributed by atoms with E-state index in [0.29, 0.717) is 0 Å². The van der Waals surface area contributed by atoms with E-state index in [2.05, 4.69) is 0 Å². The molecule has 0 bridgehead atoms. The van der Waals surface area contributed by atoms with E-state index in [-0.39, 0.29) is 61.8 Å². The van der Waals surface area contributed by atoms with E-state index in [1.54, 1.807) is 0 Å². The summed E-state index contributed by atoms with van der Waals surface area (Å²) in [6, 6.07) is 4.26. The molecule has 72 valence electrons. The molecule has 0 spiro atoms. The van der Waals surface area contributed by atoms with Gasteiger partial charge in [-0.3, -0.25) is 4.55 Å². The summed E-state index contributed by atoms with van der Waals surface area (Å²) in [5.41, 5.74) is -0.0348. The molecule has 0 fully saturated rings. The number of hydrogen-bond acceptors (Lipinski definition) is 3. The van der Waals surface area contributed by atoms with Crippen molar-refractivity contribution in [1.82, 2.24) is 0 Å². The maximum absolute atomic E-state index is 10.5. The van der Waals surface area contributed by atoms with Crippen LogP contribution < -0.4 is 0 Å². The molecular formula is C7H7KO5S. The summed E-state index contributed by atoms with van der Waals surface area (Å²) in [6.07, 6.45) is 0. The normalized spacial score (nSPS) is 10.4. The van der Waals surface area contributed by atoms with Crippen LogP contribution in [0.15, 0.2) is 29.2 Å². The van der Waals surface area contributed by atoms with Crippen LogP contribution in [0.3, 0.4) is 0 Å². The maximum atomic E-state index is 10.5. The van der Waals surface area contributed by atoms with Crippen molar-refractivity contribution in [3.63, 3.8) is 0 Å². The standard InChI is InChI=1S/C7H6O5S.K.H/c8-7(9)5-1-3-6(4-2-5)13(10,11)12;;/h1-4H,(H,8,9)(H,10,11,12);;. The molecule has 0 saturated carbocycles. The van der Waals surface area contributed by atoms with Crippen molar-refractivity contribution < 1.29 is 22.9 Å². The van der Waals surface area contributed by atoms with E-state index in [1.165, 1.54) is 0 Å². The third-order valence-corrected chi connectivity index (χ3v) is 2.27. The third kappa shape index (κ3) is 3.77. The first-order valence-electron chi connectivity index (χ1n) is 3.22. The molecule has 0 atom stereocenters. The predicted molar refractivity (Wildman–Crippen MR) is 50.4 cm³/mol. The Bertz CT molecular complexity index is 422. The fourth-order valence-corrected chi connectivity index (χ4v) is 1.25. The molecule has 2 N–H and O–H groups in total. The topological polar surface area (TPSA) is 91.7 Å². The third-order valence-electron chi connectivity index (χ3n) is 1.40. The number of hydrogen-bond donors (Lipinski definition) is 2. The second-order valence-corrected chi connectivity index (χ2v) is 3.73. The molecule has 0 aliphatic rings. The van der Waals surface area contributed by atoms with E-state index >= 15 is 0 Å². The monoisotopic (exact) mass is 242 g/mol. The summed E-state index contributed by atoms with van der Waals surface area (Å²) in [5.74, 6) is -1.15. The van der Waals surface area contributed by atoms with Crippen molar-refractivity contribution in [1.29, 1.82) is 0 Å². The summed E-state index contributed by atoms with van der Waals surface area (Å²) in [7, 11) is -4.24. The molecule has 0 radical (unpaired) electrons. The number of carboxylic acid groups (broad SMARTS) is 1. The van der Waals surface area contributed by atoms with E-state index < -0.39 is 16.1 Å². The van der Waals surface area contributed by atoms with Crippen LogP contribution in [-0.4, -0.2) is 75.4 Å². The van der Waals surface area contributed by atoms with E-state index in [0.717, 1.165) is 24.3 Å². The van der Waals surface area contributed by atoms with Crippen molar-refractivity contribution in [2.75, 3.05) is 0 Å². The van der Waals surface area contributed by atoms with Gasteiger partial charge >= 0.3 is 57.4 Å². The van der Waals surface area contributed by atoms with Gasteiger partial charge in [0.05, 0.1) is 10.5 Å². The Hall–Kier alpha value is 0.236. The zero-order valence-electron chi connectivity index (χ0n) is 6.34. The van der Waals surface area contributed by atoms with Gasteiger partial charge in [0, 0.05) is 0 Å². The molecule has 0 amide bonds. The first-order valence-corrected chi connectivity index (χ1v) is 4.66. The van der Waals surface area contributed by atoms with Crippen molar-refractivity contribution >= 4 is 67.5 Å². The van der Waals surface area contributed by atoms with Gasteiger partial charge in [-0.05, 0) is 24.3 Å². The summed E-state index contributed by atoms with van der Waals surface area (Å²) in [6.45, 7) is 0. The second kappa shape index (κ2) is 5.36. The van der Waals surface area contributed by atoms with Crippen LogP contribution in [0.5, 0.6) is 0 Å². The fraction of sp³-hybridized carbons (Fsp3) is 0. The number of benzene rings is 1. The molecule has 5 nitrogen and oxygen atoms in total. The van der Waals surface area contributed by atoms with Gasteiger partial charge < -0.3 is 5.11 Å². The van der Waals surface area contributed by atoms with Crippen molar-refractivity contribution in [2.45, 2.75) is 4.90 Å². The molecule has 0 saturated heterocycles. The molecule has 0 aliphatic heterocycles. The van der Waals surface area contributed by atoms with Gasteiger partial charge in [0.2, 0.25) is 0 Å². The van der Waals surface area contributed by atoms with Crippen LogP contribution in [-0.2, 0) is 10.1 Å². The fourth-order valence-electron chi connectivity index (χ4n) is 0.769. The quantitative estimate of drug-likeness (QED) is 0.562. The van der Waals surface area contributed by atoms with Gasteiger partial charge in [-0.1, -0.05) is 0 Å². The Morgan fingerprint density at radius 2 is 1.57 bits per heavy atom. The van der Waals surface area contributed by atoms with Gasteiger partial charge in [0.25, 0.3) is 10.1 Å². The van der Waals surface area contributed by atoms with Crippen molar-refractivity contribution in [3.8, 4) is 0 Å². The number of rotatable bonds is 2. The molecule has 14 heavy (non-hydrogen) atoms. The van der Waals surface area contributed by atoms with E-state index in [4.69, 9.17) is 9.66 Å². The Labute approximate surface area is 123 Å². The van der Waals surface area contributed by atoms with Crippen molar-refractivity contribution in [3.05, 3.63) is 29.8 Å². The van der Waals surface area contributed by atoms with Gasteiger partial charge in [-0.25, -0.2) is 4.79 Å². The molecule has 1 aromatic carbocycles. The Morgan fingerprint density at radius 1 is 1.14 bits per heavy atom. The number of carboxylic acids is 1. The molecule has 1 rings (SSSR count). The summed E-state index contributed by atoms with van der Waals surface area (Å²) in [5, 5.41) is 8.47. The number of carbonyl (C=O) groups is 1.